The molecule has 17 heavy (non-hydrogen) atoms. The third kappa shape index (κ3) is 2.91. The van der Waals surface area contributed by atoms with E-state index in [4.69, 9.17) is 10.3 Å². The Labute approximate surface area is 101 Å². The van der Waals surface area contributed by atoms with Crippen molar-refractivity contribution in [3.05, 3.63) is 47.1 Å². The minimum absolute atomic E-state index is 0.159. The van der Waals surface area contributed by atoms with Crippen LogP contribution in [0.1, 0.15) is 42.2 Å². The topological polar surface area (TPSA) is 64.9 Å². The van der Waals surface area contributed by atoms with Crippen LogP contribution in [0.25, 0.3) is 0 Å². The highest BCUT2D eigenvalue weighted by Crippen LogP contribution is 2.13. The Bertz CT molecular complexity index is 493. The number of nitrogens with zero attached hydrogens (tertiary/aromatic N) is 2. The van der Waals surface area contributed by atoms with Gasteiger partial charge in [-0.25, -0.2) is 0 Å². The van der Waals surface area contributed by atoms with Crippen LogP contribution in [0.5, 0.6) is 0 Å². The summed E-state index contributed by atoms with van der Waals surface area (Å²) in [5, 5.41) is 3.94. The number of hydrogen-bond acceptors (Lipinski definition) is 4. The fourth-order valence-electron chi connectivity index (χ4n) is 1.67. The monoisotopic (exact) mass is 231 g/mol. The average molecular weight is 231 g/mol. The van der Waals surface area contributed by atoms with Gasteiger partial charge < -0.3 is 10.3 Å². The fourth-order valence-corrected chi connectivity index (χ4v) is 1.67. The Balaban J connectivity index is 2.11. The van der Waals surface area contributed by atoms with Gasteiger partial charge >= 0.3 is 0 Å². The molecule has 1 aromatic carbocycles. The highest BCUT2D eigenvalue weighted by molar-refractivity contribution is 5.24. The van der Waals surface area contributed by atoms with Gasteiger partial charge in [0, 0.05) is 6.42 Å². The van der Waals surface area contributed by atoms with Crippen molar-refractivity contribution in [1.29, 1.82) is 0 Å². The van der Waals surface area contributed by atoms with Gasteiger partial charge in [-0.2, -0.15) is 4.98 Å². The summed E-state index contributed by atoms with van der Waals surface area (Å²) >= 11 is 0. The first-order valence-corrected chi connectivity index (χ1v) is 5.82. The molecule has 4 heteroatoms. The van der Waals surface area contributed by atoms with Crippen LogP contribution < -0.4 is 5.73 Å². The van der Waals surface area contributed by atoms with Gasteiger partial charge in [0.25, 0.3) is 0 Å². The van der Waals surface area contributed by atoms with Gasteiger partial charge in [-0.1, -0.05) is 41.9 Å². The number of aromatic nitrogens is 2. The summed E-state index contributed by atoms with van der Waals surface area (Å²) in [6.45, 7) is 4.06. The predicted octanol–water partition coefficient (Wildman–Crippen LogP) is 2.38. The Morgan fingerprint density at radius 1 is 1.41 bits per heavy atom. The highest BCUT2D eigenvalue weighted by atomic mass is 16.5. The molecule has 2 N–H and O–H groups in total. The summed E-state index contributed by atoms with van der Waals surface area (Å²) in [5.74, 6) is 1.21. The van der Waals surface area contributed by atoms with Crippen LogP contribution in [0, 0.1) is 6.92 Å². The van der Waals surface area contributed by atoms with E-state index in [1.165, 1.54) is 11.1 Å². The third-order valence-electron chi connectivity index (χ3n) is 2.69. The largest absolute Gasteiger partial charge is 0.338 e. The molecule has 0 aliphatic heterocycles. The molecule has 0 bridgehead atoms. The zero-order valence-electron chi connectivity index (χ0n) is 10.2. The van der Waals surface area contributed by atoms with Crippen LogP contribution in [-0.2, 0) is 6.42 Å². The van der Waals surface area contributed by atoms with Crippen molar-refractivity contribution in [1.82, 2.24) is 10.1 Å². The quantitative estimate of drug-likeness (QED) is 0.877. The Hall–Kier alpha value is -1.68. The fraction of sp³-hybridized carbons (Fsp3) is 0.385. The minimum Gasteiger partial charge on any atom is -0.338 e. The van der Waals surface area contributed by atoms with Crippen LogP contribution in [0.2, 0.25) is 0 Å². The molecule has 0 aliphatic rings. The average Bonchev–Trinajstić information content (AvgIpc) is 2.76. The molecular formula is C13H17N3O. The Morgan fingerprint density at radius 2 is 2.24 bits per heavy atom. The maximum atomic E-state index is 5.83. The number of rotatable bonds is 4. The number of nitrogens with two attached hydrogens (primary N) is 1. The molecule has 0 amide bonds. The van der Waals surface area contributed by atoms with E-state index in [1.807, 2.05) is 13.0 Å². The summed E-state index contributed by atoms with van der Waals surface area (Å²) in [6.07, 6.45) is 1.48. The molecule has 1 atom stereocenters. The molecule has 0 unspecified atom stereocenters. The van der Waals surface area contributed by atoms with Gasteiger partial charge in [0.2, 0.25) is 5.89 Å². The second-order valence-electron chi connectivity index (χ2n) is 4.23. The first-order valence-electron chi connectivity index (χ1n) is 5.82. The van der Waals surface area contributed by atoms with Gasteiger partial charge in [0.1, 0.15) is 0 Å². The van der Waals surface area contributed by atoms with Gasteiger partial charge in [0.05, 0.1) is 6.04 Å². The molecular weight excluding hydrogens is 214 g/mol. The second-order valence-corrected chi connectivity index (χ2v) is 4.23. The molecule has 0 saturated heterocycles. The van der Waals surface area contributed by atoms with Gasteiger partial charge in [-0.05, 0) is 18.9 Å². The number of hydrogen-bond donors (Lipinski definition) is 1. The normalized spacial score (nSPS) is 12.6. The molecule has 1 aromatic heterocycles. The van der Waals surface area contributed by atoms with Crippen molar-refractivity contribution < 1.29 is 4.52 Å². The summed E-state index contributed by atoms with van der Waals surface area (Å²) in [5.41, 5.74) is 8.24. The third-order valence-corrected chi connectivity index (χ3v) is 2.69. The van der Waals surface area contributed by atoms with E-state index in [9.17, 15) is 0 Å². The Kier molecular flexibility index (Phi) is 3.54. The van der Waals surface area contributed by atoms with Crippen molar-refractivity contribution in [3.63, 3.8) is 0 Å². The summed E-state index contributed by atoms with van der Waals surface area (Å²) in [4.78, 5) is 4.30. The summed E-state index contributed by atoms with van der Waals surface area (Å²) < 4.78 is 5.13. The lowest BCUT2D eigenvalue weighted by Gasteiger charge is -1.99. The molecule has 1 heterocycles. The van der Waals surface area contributed by atoms with Crippen molar-refractivity contribution in [2.24, 2.45) is 5.73 Å². The zero-order chi connectivity index (χ0) is 12.3. The zero-order valence-corrected chi connectivity index (χ0v) is 10.2. The second kappa shape index (κ2) is 5.10. The van der Waals surface area contributed by atoms with Crippen LogP contribution >= 0.6 is 0 Å². The molecule has 0 fully saturated rings. The highest BCUT2D eigenvalue weighted by Gasteiger charge is 2.12. The van der Waals surface area contributed by atoms with E-state index in [-0.39, 0.29) is 6.04 Å². The molecule has 0 aliphatic carbocycles. The van der Waals surface area contributed by atoms with Crippen molar-refractivity contribution in [2.75, 3.05) is 0 Å². The van der Waals surface area contributed by atoms with E-state index >= 15 is 0 Å². The smallest absolute Gasteiger partial charge is 0.243 e. The number of aryl methyl sites for hydroxylation is 1. The molecule has 4 nitrogen and oxygen atoms in total. The Morgan fingerprint density at radius 3 is 2.94 bits per heavy atom. The molecule has 90 valence electrons. The SMILES string of the molecule is CC[C@H](N)c1nc(Cc2cccc(C)c2)no1. The van der Waals surface area contributed by atoms with Crippen molar-refractivity contribution in [3.8, 4) is 0 Å². The van der Waals surface area contributed by atoms with Crippen molar-refractivity contribution >= 4 is 0 Å². The standard InChI is InChI=1S/C13H17N3O/c1-3-11(14)13-15-12(16-17-13)8-10-6-4-5-9(2)7-10/h4-7,11H,3,8,14H2,1-2H3/t11-/m0/s1. The lowest BCUT2D eigenvalue weighted by Crippen LogP contribution is -2.08. The first-order chi connectivity index (χ1) is 8.19. The van der Waals surface area contributed by atoms with E-state index < -0.39 is 0 Å². The van der Waals surface area contributed by atoms with E-state index in [2.05, 4.69) is 35.3 Å². The summed E-state index contributed by atoms with van der Waals surface area (Å²) in [7, 11) is 0. The van der Waals surface area contributed by atoms with Gasteiger partial charge in [0.15, 0.2) is 5.82 Å². The first kappa shape index (κ1) is 11.8. The molecule has 0 spiro atoms. The molecule has 0 radical (unpaired) electrons. The maximum absolute atomic E-state index is 5.83. The van der Waals surface area contributed by atoms with Crippen LogP contribution in [0.15, 0.2) is 28.8 Å². The van der Waals surface area contributed by atoms with E-state index in [0.29, 0.717) is 18.1 Å². The van der Waals surface area contributed by atoms with Gasteiger partial charge in [-0.3, -0.25) is 0 Å². The van der Waals surface area contributed by atoms with Crippen LogP contribution in [-0.4, -0.2) is 10.1 Å². The maximum Gasteiger partial charge on any atom is 0.243 e. The molecule has 0 saturated carbocycles. The lowest BCUT2D eigenvalue weighted by molar-refractivity contribution is 0.348. The van der Waals surface area contributed by atoms with Gasteiger partial charge in [-0.15, -0.1) is 0 Å². The molecule has 2 rings (SSSR count). The van der Waals surface area contributed by atoms with E-state index in [0.717, 1.165) is 6.42 Å². The molecule has 2 aromatic rings. The number of benzene rings is 1. The van der Waals surface area contributed by atoms with E-state index in [1.54, 1.807) is 0 Å². The van der Waals surface area contributed by atoms with Crippen molar-refractivity contribution in [2.45, 2.75) is 32.7 Å². The lowest BCUT2D eigenvalue weighted by atomic mass is 10.1. The predicted molar refractivity (Wildman–Crippen MR) is 65.5 cm³/mol. The van der Waals surface area contributed by atoms with Crippen LogP contribution in [0.3, 0.4) is 0 Å². The summed E-state index contributed by atoms with van der Waals surface area (Å²) in [6, 6.07) is 8.12. The minimum atomic E-state index is -0.159. The van der Waals surface area contributed by atoms with Crippen LogP contribution in [0.4, 0.5) is 0 Å².